The van der Waals surface area contributed by atoms with Crippen molar-refractivity contribution in [2.24, 2.45) is 0 Å². The second-order valence-electron chi connectivity index (χ2n) is 4.13. The molecule has 0 aliphatic carbocycles. The Morgan fingerprint density at radius 2 is 1.89 bits per heavy atom. The van der Waals surface area contributed by atoms with Gasteiger partial charge in [0.05, 0.1) is 12.7 Å². The second-order valence-corrected chi connectivity index (χ2v) is 5.71. The molecule has 0 radical (unpaired) electrons. The molecule has 100 valence electrons. The minimum atomic E-state index is -3.72. The number of fused-ring (bicyclic) bond motifs is 1. The molecule has 0 atom stereocenters. The Bertz CT molecular complexity index is 734. The number of benzene rings is 2. The Morgan fingerprint density at radius 1 is 1.21 bits per heavy atom. The van der Waals surface area contributed by atoms with Gasteiger partial charge in [0.15, 0.2) is 5.75 Å². The molecule has 0 saturated heterocycles. The Hall–Kier alpha value is -2.08. The highest BCUT2D eigenvalue weighted by molar-refractivity contribution is 7.86. The Morgan fingerprint density at radius 3 is 2.53 bits per heavy atom. The van der Waals surface area contributed by atoms with Crippen molar-refractivity contribution >= 4 is 26.9 Å². The van der Waals surface area contributed by atoms with E-state index in [0.717, 1.165) is 11.6 Å². The third-order valence-electron chi connectivity index (χ3n) is 2.54. The summed E-state index contributed by atoms with van der Waals surface area (Å²) in [4.78, 5) is 10.8. The summed E-state index contributed by atoms with van der Waals surface area (Å²) in [5.74, 6) is -0.961. The van der Waals surface area contributed by atoms with Crippen LogP contribution in [0.25, 0.3) is 10.8 Å². The van der Waals surface area contributed by atoms with Crippen molar-refractivity contribution < 1.29 is 22.5 Å². The zero-order valence-corrected chi connectivity index (χ0v) is 11.0. The van der Waals surface area contributed by atoms with Gasteiger partial charge in [-0.15, -0.1) is 0 Å². The van der Waals surface area contributed by atoms with E-state index in [0.29, 0.717) is 10.9 Å². The van der Waals surface area contributed by atoms with E-state index in [2.05, 4.69) is 0 Å². The molecule has 0 heterocycles. The van der Waals surface area contributed by atoms with Crippen LogP contribution < -0.4 is 4.18 Å². The van der Waals surface area contributed by atoms with Crippen molar-refractivity contribution in [3.63, 3.8) is 0 Å². The molecule has 0 fully saturated rings. The molecule has 1 N–H and O–H groups in total. The summed E-state index contributed by atoms with van der Waals surface area (Å²) in [5.41, 5.74) is 0.330. The Kier molecular flexibility index (Phi) is 3.44. The molecule has 0 bridgehead atoms. The third kappa shape index (κ3) is 3.23. The lowest BCUT2D eigenvalue weighted by atomic mass is 10.0. The van der Waals surface area contributed by atoms with Crippen molar-refractivity contribution in [2.45, 2.75) is 6.42 Å². The van der Waals surface area contributed by atoms with Gasteiger partial charge in [-0.05, 0) is 5.39 Å². The number of aliphatic carboxylic acids is 1. The quantitative estimate of drug-likeness (QED) is 0.864. The fourth-order valence-electron chi connectivity index (χ4n) is 1.84. The van der Waals surface area contributed by atoms with Gasteiger partial charge < -0.3 is 9.29 Å². The van der Waals surface area contributed by atoms with E-state index in [1.54, 1.807) is 30.3 Å². The predicted octanol–water partition coefficient (Wildman–Crippen LogP) is 1.81. The van der Waals surface area contributed by atoms with Gasteiger partial charge >= 0.3 is 16.1 Å². The first-order valence-corrected chi connectivity index (χ1v) is 7.30. The van der Waals surface area contributed by atoms with Gasteiger partial charge in [-0.2, -0.15) is 8.42 Å². The molecule has 2 aromatic carbocycles. The zero-order chi connectivity index (χ0) is 14.0. The number of carboxylic acids is 1. The van der Waals surface area contributed by atoms with Gasteiger partial charge in [-0.25, -0.2) is 0 Å². The van der Waals surface area contributed by atoms with Crippen molar-refractivity contribution in [3.05, 3.63) is 42.0 Å². The summed E-state index contributed by atoms with van der Waals surface area (Å²) < 4.78 is 27.6. The SMILES string of the molecule is CS(=O)(=O)Oc1c(CC(=O)O)ccc2ccccc12. The number of hydrogen-bond donors (Lipinski definition) is 1. The van der Waals surface area contributed by atoms with Gasteiger partial charge in [-0.1, -0.05) is 36.4 Å². The first-order valence-electron chi connectivity index (χ1n) is 5.49. The highest BCUT2D eigenvalue weighted by Crippen LogP contribution is 2.31. The van der Waals surface area contributed by atoms with Crippen molar-refractivity contribution in [1.82, 2.24) is 0 Å². The molecule has 0 aromatic heterocycles. The fourth-order valence-corrected chi connectivity index (χ4v) is 2.34. The summed E-state index contributed by atoms with van der Waals surface area (Å²) in [6, 6.07) is 10.3. The Labute approximate surface area is 110 Å². The standard InChI is InChI=1S/C13H12O5S/c1-19(16,17)18-13-10(8-12(14)15)7-6-9-4-2-3-5-11(9)13/h2-7H,8H2,1H3,(H,14,15). The first-order chi connectivity index (χ1) is 8.87. The van der Waals surface area contributed by atoms with E-state index in [4.69, 9.17) is 9.29 Å². The van der Waals surface area contributed by atoms with Gasteiger partial charge in [0.25, 0.3) is 0 Å². The lowest BCUT2D eigenvalue weighted by Crippen LogP contribution is -2.10. The molecule has 6 heteroatoms. The number of carboxylic acid groups (broad SMARTS) is 1. The van der Waals surface area contributed by atoms with Crippen molar-refractivity contribution in [2.75, 3.05) is 6.26 Å². The van der Waals surface area contributed by atoms with Crippen LogP contribution in [-0.2, 0) is 21.3 Å². The smallest absolute Gasteiger partial charge is 0.307 e. The number of carbonyl (C=O) groups is 1. The average Bonchev–Trinajstić information content (AvgIpc) is 2.30. The summed E-state index contributed by atoms with van der Waals surface area (Å²) in [5, 5.41) is 10.2. The maximum atomic E-state index is 11.3. The molecule has 0 aliphatic rings. The normalized spacial score (nSPS) is 11.4. The highest BCUT2D eigenvalue weighted by atomic mass is 32.2. The molecule has 19 heavy (non-hydrogen) atoms. The van der Waals surface area contributed by atoms with Gasteiger partial charge in [-0.3, -0.25) is 4.79 Å². The maximum absolute atomic E-state index is 11.3. The maximum Gasteiger partial charge on any atom is 0.307 e. The number of hydrogen-bond acceptors (Lipinski definition) is 4. The molecule has 2 aromatic rings. The van der Waals surface area contributed by atoms with Crippen LogP contribution in [0, 0.1) is 0 Å². The second kappa shape index (κ2) is 4.89. The van der Waals surface area contributed by atoms with Gasteiger partial charge in [0.1, 0.15) is 0 Å². The van der Waals surface area contributed by atoms with E-state index >= 15 is 0 Å². The van der Waals surface area contributed by atoms with Crippen LogP contribution in [0.2, 0.25) is 0 Å². The average molecular weight is 280 g/mol. The molecule has 0 saturated carbocycles. The summed E-state index contributed by atoms with van der Waals surface area (Å²) >= 11 is 0. The molecule has 0 amide bonds. The molecular formula is C13H12O5S. The molecule has 0 aliphatic heterocycles. The molecular weight excluding hydrogens is 268 g/mol. The van der Waals surface area contributed by atoms with Crippen LogP contribution in [-0.4, -0.2) is 25.7 Å². The third-order valence-corrected chi connectivity index (χ3v) is 3.01. The lowest BCUT2D eigenvalue weighted by Gasteiger charge is -2.11. The molecule has 0 spiro atoms. The minimum Gasteiger partial charge on any atom is -0.481 e. The van der Waals surface area contributed by atoms with Crippen LogP contribution in [0.5, 0.6) is 5.75 Å². The van der Waals surface area contributed by atoms with Crippen LogP contribution in [0.1, 0.15) is 5.56 Å². The van der Waals surface area contributed by atoms with E-state index in [1.165, 1.54) is 0 Å². The minimum absolute atomic E-state index is 0.0861. The van der Waals surface area contributed by atoms with Crippen LogP contribution in [0.15, 0.2) is 36.4 Å². The zero-order valence-electron chi connectivity index (χ0n) is 10.2. The van der Waals surface area contributed by atoms with Crippen molar-refractivity contribution in [1.29, 1.82) is 0 Å². The summed E-state index contributed by atoms with van der Waals surface area (Å²) in [6.07, 6.45) is 0.634. The molecule has 0 unspecified atom stereocenters. The Balaban J connectivity index is 2.67. The molecule has 5 nitrogen and oxygen atoms in total. The monoisotopic (exact) mass is 280 g/mol. The number of rotatable bonds is 4. The highest BCUT2D eigenvalue weighted by Gasteiger charge is 2.15. The van der Waals surface area contributed by atoms with Crippen molar-refractivity contribution in [3.8, 4) is 5.75 Å². The summed E-state index contributed by atoms with van der Waals surface area (Å²) in [6.45, 7) is 0. The van der Waals surface area contributed by atoms with Gasteiger partial charge in [0.2, 0.25) is 0 Å². The fraction of sp³-hybridized carbons (Fsp3) is 0.154. The van der Waals surface area contributed by atoms with E-state index < -0.39 is 16.1 Å². The lowest BCUT2D eigenvalue weighted by molar-refractivity contribution is -0.136. The van der Waals surface area contributed by atoms with E-state index in [9.17, 15) is 13.2 Å². The van der Waals surface area contributed by atoms with Crippen LogP contribution in [0.3, 0.4) is 0 Å². The van der Waals surface area contributed by atoms with Crippen LogP contribution >= 0.6 is 0 Å². The first kappa shape index (κ1) is 13.4. The summed E-state index contributed by atoms with van der Waals surface area (Å²) in [7, 11) is -3.72. The molecule has 2 rings (SSSR count). The largest absolute Gasteiger partial charge is 0.481 e. The van der Waals surface area contributed by atoms with Crippen LogP contribution in [0.4, 0.5) is 0 Å². The van der Waals surface area contributed by atoms with E-state index in [1.807, 2.05) is 6.07 Å². The predicted molar refractivity (Wildman–Crippen MR) is 70.8 cm³/mol. The van der Waals surface area contributed by atoms with Gasteiger partial charge in [0, 0.05) is 10.9 Å². The van der Waals surface area contributed by atoms with E-state index in [-0.39, 0.29) is 12.2 Å². The topological polar surface area (TPSA) is 80.7 Å².